The maximum atomic E-state index is 12.8. The Bertz CT molecular complexity index is 567. The third-order valence-corrected chi connectivity index (χ3v) is 3.44. The molecular weight excluding hydrogens is 277 g/mol. The van der Waals surface area contributed by atoms with Crippen LogP contribution in [0.2, 0.25) is 0 Å². The number of benzene rings is 1. The van der Waals surface area contributed by atoms with Gasteiger partial charge in [-0.25, -0.2) is 0 Å². The van der Waals surface area contributed by atoms with Crippen LogP contribution in [-0.2, 0) is 12.6 Å². The van der Waals surface area contributed by atoms with E-state index in [1.807, 2.05) is 12.1 Å². The Morgan fingerprint density at radius 1 is 1.14 bits per heavy atom. The smallest absolute Gasteiger partial charge is 0.313 e. The molecule has 0 aliphatic heterocycles. The van der Waals surface area contributed by atoms with Gasteiger partial charge in [-0.15, -0.1) is 0 Å². The zero-order chi connectivity index (χ0) is 15.3. The van der Waals surface area contributed by atoms with E-state index < -0.39 is 11.7 Å². The lowest BCUT2D eigenvalue weighted by atomic mass is 9.98. The molecule has 0 bridgehead atoms. The molecule has 2 nitrogen and oxygen atoms in total. The summed E-state index contributed by atoms with van der Waals surface area (Å²) in [6.07, 6.45) is 0.632. The van der Waals surface area contributed by atoms with E-state index in [4.69, 9.17) is 0 Å². The number of hydrogen-bond donors (Lipinski definition) is 1. The van der Waals surface area contributed by atoms with E-state index >= 15 is 0 Å². The van der Waals surface area contributed by atoms with Crippen molar-refractivity contribution in [2.75, 3.05) is 7.05 Å². The molecule has 5 heteroatoms. The van der Waals surface area contributed by atoms with Gasteiger partial charge in [-0.3, -0.25) is 4.98 Å². The summed E-state index contributed by atoms with van der Waals surface area (Å²) in [5.41, 5.74) is 1.17. The van der Waals surface area contributed by atoms with E-state index in [9.17, 15) is 13.2 Å². The van der Waals surface area contributed by atoms with Crippen LogP contribution >= 0.6 is 0 Å². The van der Waals surface area contributed by atoms with Gasteiger partial charge in [0.15, 0.2) is 0 Å². The summed E-state index contributed by atoms with van der Waals surface area (Å²) in [7, 11) is 1.76. The van der Waals surface area contributed by atoms with Crippen molar-refractivity contribution in [2.24, 2.45) is 0 Å². The molecule has 0 fully saturated rings. The van der Waals surface area contributed by atoms with E-state index in [1.165, 1.54) is 12.1 Å². The Labute approximate surface area is 122 Å². The minimum absolute atomic E-state index is 0.111. The van der Waals surface area contributed by atoms with E-state index in [0.29, 0.717) is 5.56 Å². The molecule has 0 aliphatic carbocycles. The van der Waals surface area contributed by atoms with Crippen molar-refractivity contribution in [1.29, 1.82) is 0 Å². The van der Waals surface area contributed by atoms with Gasteiger partial charge in [-0.05, 0) is 55.3 Å². The monoisotopic (exact) mass is 294 g/mol. The zero-order valence-corrected chi connectivity index (χ0v) is 11.7. The van der Waals surface area contributed by atoms with Gasteiger partial charge in [0, 0.05) is 18.4 Å². The van der Waals surface area contributed by atoms with Crippen LogP contribution in [-0.4, -0.2) is 12.0 Å². The van der Waals surface area contributed by atoms with Crippen LogP contribution in [0.4, 0.5) is 13.2 Å². The normalized spacial score (nSPS) is 13.1. The van der Waals surface area contributed by atoms with E-state index in [0.717, 1.165) is 24.5 Å². The SMILES string of the molecule is CNC(CCc1ccncc1)c1cccc(C(F)(F)F)c1. The molecule has 1 unspecified atom stereocenters. The Hall–Kier alpha value is -1.88. The summed E-state index contributed by atoms with van der Waals surface area (Å²) in [4.78, 5) is 3.95. The summed E-state index contributed by atoms with van der Waals surface area (Å²) in [5.74, 6) is 0. The molecule has 1 N–H and O–H groups in total. The molecule has 21 heavy (non-hydrogen) atoms. The van der Waals surface area contributed by atoms with Crippen LogP contribution in [0.25, 0.3) is 0 Å². The van der Waals surface area contributed by atoms with E-state index in [2.05, 4.69) is 10.3 Å². The summed E-state index contributed by atoms with van der Waals surface area (Å²) < 4.78 is 38.3. The Morgan fingerprint density at radius 3 is 2.48 bits per heavy atom. The lowest BCUT2D eigenvalue weighted by Gasteiger charge is -2.18. The van der Waals surface area contributed by atoms with Crippen LogP contribution < -0.4 is 5.32 Å². The molecule has 0 amide bonds. The molecule has 0 radical (unpaired) electrons. The van der Waals surface area contributed by atoms with Gasteiger partial charge in [0.25, 0.3) is 0 Å². The van der Waals surface area contributed by atoms with Crippen molar-refractivity contribution in [1.82, 2.24) is 10.3 Å². The van der Waals surface area contributed by atoms with Crippen LogP contribution in [0, 0.1) is 0 Å². The predicted molar refractivity (Wildman–Crippen MR) is 75.8 cm³/mol. The van der Waals surface area contributed by atoms with Crippen LogP contribution in [0.15, 0.2) is 48.8 Å². The van der Waals surface area contributed by atoms with Gasteiger partial charge in [-0.1, -0.05) is 12.1 Å². The molecule has 112 valence electrons. The molecule has 0 saturated carbocycles. The van der Waals surface area contributed by atoms with Gasteiger partial charge >= 0.3 is 6.18 Å². The molecule has 0 saturated heterocycles. The minimum Gasteiger partial charge on any atom is -0.313 e. The molecular formula is C16H17F3N2. The van der Waals surface area contributed by atoms with Crippen LogP contribution in [0.1, 0.15) is 29.2 Å². The number of nitrogens with one attached hydrogen (secondary N) is 1. The van der Waals surface area contributed by atoms with Crippen molar-refractivity contribution in [3.05, 3.63) is 65.5 Å². The highest BCUT2D eigenvalue weighted by Gasteiger charge is 2.30. The molecule has 1 heterocycles. The van der Waals surface area contributed by atoms with Crippen molar-refractivity contribution in [3.63, 3.8) is 0 Å². The average Bonchev–Trinajstić information content (AvgIpc) is 2.48. The largest absolute Gasteiger partial charge is 0.416 e. The van der Waals surface area contributed by atoms with Gasteiger partial charge in [0.05, 0.1) is 5.56 Å². The summed E-state index contributed by atoms with van der Waals surface area (Å²) in [6.45, 7) is 0. The number of rotatable bonds is 5. The third kappa shape index (κ3) is 4.29. The fourth-order valence-corrected chi connectivity index (χ4v) is 2.27. The van der Waals surface area contributed by atoms with Crippen molar-refractivity contribution < 1.29 is 13.2 Å². The zero-order valence-electron chi connectivity index (χ0n) is 11.7. The number of nitrogens with zero attached hydrogens (tertiary/aromatic N) is 1. The Kier molecular flexibility index (Phi) is 4.96. The van der Waals surface area contributed by atoms with Gasteiger partial charge in [0.2, 0.25) is 0 Å². The first-order chi connectivity index (χ1) is 10.0. The maximum absolute atomic E-state index is 12.8. The number of pyridine rings is 1. The number of aromatic nitrogens is 1. The molecule has 1 aromatic heterocycles. The van der Waals surface area contributed by atoms with Crippen LogP contribution in [0.5, 0.6) is 0 Å². The third-order valence-electron chi connectivity index (χ3n) is 3.44. The summed E-state index contributed by atoms with van der Waals surface area (Å²) >= 11 is 0. The van der Waals surface area contributed by atoms with Crippen LogP contribution in [0.3, 0.4) is 0 Å². The average molecular weight is 294 g/mol. The Morgan fingerprint density at radius 2 is 1.86 bits per heavy atom. The first-order valence-electron chi connectivity index (χ1n) is 6.74. The van der Waals surface area contributed by atoms with Crippen molar-refractivity contribution in [2.45, 2.75) is 25.1 Å². The maximum Gasteiger partial charge on any atom is 0.416 e. The number of halogens is 3. The van der Waals surface area contributed by atoms with E-state index in [-0.39, 0.29) is 6.04 Å². The quantitative estimate of drug-likeness (QED) is 0.901. The molecule has 0 aliphatic rings. The fourth-order valence-electron chi connectivity index (χ4n) is 2.27. The van der Waals surface area contributed by atoms with Gasteiger partial charge in [-0.2, -0.15) is 13.2 Å². The minimum atomic E-state index is -4.31. The first-order valence-corrected chi connectivity index (χ1v) is 6.74. The highest BCUT2D eigenvalue weighted by atomic mass is 19.4. The molecule has 0 spiro atoms. The highest BCUT2D eigenvalue weighted by molar-refractivity contribution is 5.28. The lowest BCUT2D eigenvalue weighted by Crippen LogP contribution is -2.18. The predicted octanol–water partition coefficient (Wildman–Crippen LogP) is 3.99. The molecule has 2 aromatic rings. The number of alkyl halides is 3. The van der Waals surface area contributed by atoms with Crippen molar-refractivity contribution in [3.8, 4) is 0 Å². The van der Waals surface area contributed by atoms with Gasteiger partial charge < -0.3 is 5.32 Å². The number of hydrogen-bond acceptors (Lipinski definition) is 2. The molecule has 1 atom stereocenters. The topological polar surface area (TPSA) is 24.9 Å². The summed E-state index contributed by atoms with van der Waals surface area (Å²) in [6, 6.07) is 9.21. The molecule has 2 rings (SSSR count). The summed E-state index contributed by atoms with van der Waals surface area (Å²) in [5, 5.41) is 3.08. The number of aryl methyl sites for hydroxylation is 1. The first kappa shape index (κ1) is 15.5. The van der Waals surface area contributed by atoms with Gasteiger partial charge in [0.1, 0.15) is 0 Å². The second-order valence-corrected chi connectivity index (χ2v) is 4.86. The second kappa shape index (κ2) is 6.72. The Balaban J connectivity index is 2.10. The molecule has 1 aromatic carbocycles. The highest BCUT2D eigenvalue weighted by Crippen LogP contribution is 2.31. The second-order valence-electron chi connectivity index (χ2n) is 4.86. The fraction of sp³-hybridized carbons (Fsp3) is 0.312. The standard InChI is InChI=1S/C16H17F3N2/c1-20-15(6-5-12-7-9-21-10-8-12)13-3-2-4-14(11-13)16(17,18)19/h2-4,7-11,15,20H,5-6H2,1H3. The van der Waals surface area contributed by atoms with Crippen molar-refractivity contribution >= 4 is 0 Å². The van der Waals surface area contributed by atoms with E-state index in [1.54, 1.807) is 25.5 Å². The lowest BCUT2D eigenvalue weighted by molar-refractivity contribution is -0.137.